The number of alkyl halides is 7. The van der Waals surface area contributed by atoms with Crippen LogP contribution in [-0.2, 0) is 11.2 Å². The molecule has 2 N–H and O–H groups in total. The van der Waals surface area contributed by atoms with Crippen molar-refractivity contribution in [3.63, 3.8) is 0 Å². The van der Waals surface area contributed by atoms with E-state index in [2.05, 4.69) is 6.92 Å². The first-order valence-electron chi connectivity index (χ1n) is 12.3. The number of nitrogens with one attached hydrogen (secondary N) is 1. The molecule has 10 heteroatoms. The van der Waals surface area contributed by atoms with Crippen LogP contribution in [0.25, 0.3) is 0 Å². The van der Waals surface area contributed by atoms with E-state index < -0.39 is 35.4 Å². The van der Waals surface area contributed by atoms with E-state index in [1.807, 2.05) is 0 Å². The van der Waals surface area contributed by atoms with Crippen molar-refractivity contribution in [2.24, 2.45) is 0 Å². The Labute approximate surface area is 202 Å². The first-order valence-corrected chi connectivity index (χ1v) is 12.3. The van der Waals surface area contributed by atoms with Crippen LogP contribution in [-0.4, -0.2) is 29.0 Å². The van der Waals surface area contributed by atoms with Crippen LogP contribution in [0.15, 0.2) is 18.2 Å². The van der Waals surface area contributed by atoms with Crippen molar-refractivity contribution in [2.45, 2.75) is 115 Å². The molecule has 0 spiro atoms. The number of carbonyl (C=O) groups is 1. The molecule has 1 aromatic rings. The summed E-state index contributed by atoms with van der Waals surface area (Å²) in [4.78, 5) is 11.4. The number of rotatable bonds is 17. The molecule has 0 fully saturated rings. The van der Waals surface area contributed by atoms with Crippen molar-refractivity contribution in [1.82, 2.24) is 0 Å². The number of phenolic OH excluding ortho intramolecular Hbond substituents is 1. The maximum atomic E-state index is 13.4. The lowest BCUT2D eigenvalue weighted by molar-refractivity contribution is -0.343. The highest BCUT2D eigenvalue weighted by Gasteiger charge is 2.76. The van der Waals surface area contributed by atoms with E-state index in [4.69, 9.17) is 0 Å². The largest absolute Gasteiger partial charge is 0.506 e. The second-order valence-corrected chi connectivity index (χ2v) is 8.94. The van der Waals surface area contributed by atoms with Gasteiger partial charge in [-0.1, -0.05) is 90.0 Å². The highest BCUT2D eigenvalue weighted by molar-refractivity contribution is 5.98. The number of benzene rings is 1. The van der Waals surface area contributed by atoms with Crippen LogP contribution < -0.4 is 5.32 Å². The van der Waals surface area contributed by atoms with E-state index in [1.54, 1.807) is 0 Å². The minimum absolute atomic E-state index is 0.557. The molecule has 1 aromatic carbocycles. The number of phenols is 1. The van der Waals surface area contributed by atoms with Crippen molar-refractivity contribution >= 4 is 11.6 Å². The number of hydrogen-bond donors (Lipinski definition) is 2. The molecular formula is C25H36F7NO2. The number of aryl methyl sites for hydroxylation is 1. The molecule has 35 heavy (non-hydrogen) atoms. The Morgan fingerprint density at radius 2 is 1.23 bits per heavy atom. The number of amides is 1. The maximum Gasteiger partial charge on any atom is 0.460 e. The molecule has 0 saturated heterocycles. The minimum Gasteiger partial charge on any atom is -0.506 e. The summed E-state index contributed by atoms with van der Waals surface area (Å²) in [6.45, 7) is 2.20. The van der Waals surface area contributed by atoms with E-state index in [0.29, 0.717) is 12.0 Å². The summed E-state index contributed by atoms with van der Waals surface area (Å²) in [7, 11) is 0. The van der Waals surface area contributed by atoms with Crippen molar-refractivity contribution in [1.29, 1.82) is 0 Å². The predicted molar refractivity (Wildman–Crippen MR) is 122 cm³/mol. The van der Waals surface area contributed by atoms with Gasteiger partial charge >= 0.3 is 23.9 Å². The molecule has 0 aliphatic heterocycles. The van der Waals surface area contributed by atoms with Gasteiger partial charge in [0.2, 0.25) is 0 Å². The molecule has 0 unspecified atom stereocenters. The third-order valence-electron chi connectivity index (χ3n) is 5.91. The van der Waals surface area contributed by atoms with Crippen LogP contribution in [0.2, 0.25) is 0 Å². The smallest absolute Gasteiger partial charge is 0.460 e. The summed E-state index contributed by atoms with van der Waals surface area (Å²) in [6, 6.07) is 3.54. The fourth-order valence-electron chi connectivity index (χ4n) is 3.71. The zero-order valence-corrected chi connectivity index (χ0v) is 20.1. The molecule has 0 saturated carbocycles. The Bertz CT molecular complexity index is 767. The molecule has 1 amide bonds. The molecule has 0 atom stereocenters. The lowest BCUT2D eigenvalue weighted by atomic mass is 10.0. The Balaban J connectivity index is 2.34. The van der Waals surface area contributed by atoms with Crippen LogP contribution in [0.3, 0.4) is 0 Å². The van der Waals surface area contributed by atoms with Gasteiger partial charge in [0.15, 0.2) is 0 Å². The average Bonchev–Trinajstić information content (AvgIpc) is 2.77. The van der Waals surface area contributed by atoms with Crippen LogP contribution >= 0.6 is 0 Å². The normalized spacial score (nSPS) is 12.7. The van der Waals surface area contributed by atoms with Gasteiger partial charge in [0.1, 0.15) is 5.75 Å². The molecule has 3 nitrogen and oxygen atoms in total. The van der Waals surface area contributed by atoms with Crippen LogP contribution in [0.5, 0.6) is 5.75 Å². The average molecular weight is 516 g/mol. The summed E-state index contributed by atoms with van der Waals surface area (Å²) >= 11 is 0. The standard InChI is InChI=1S/C25H36F7NO2/c1-2-3-4-5-6-7-8-9-10-11-12-13-14-15-19-16-17-20(21(34)18-19)33-22(35)23(26,27)24(28,29)25(30,31)32/h16-18,34H,2-15H2,1H3,(H,33,35). The van der Waals surface area contributed by atoms with Gasteiger partial charge in [-0.2, -0.15) is 30.7 Å². The molecule has 0 aliphatic carbocycles. The van der Waals surface area contributed by atoms with E-state index >= 15 is 0 Å². The molecule has 0 aromatic heterocycles. The second-order valence-electron chi connectivity index (χ2n) is 8.94. The molecule has 0 radical (unpaired) electrons. The van der Waals surface area contributed by atoms with Crippen LogP contribution in [0, 0.1) is 0 Å². The van der Waals surface area contributed by atoms with Crippen molar-refractivity contribution in [3.05, 3.63) is 23.8 Å². The van der Waals surface area contributed by atoms with Gasteiger partial charge in [-0.05, 0) is 30.5 Å². The van der Waals surface area contributed by atoms with Crippen LogP contribution in [0.1, 0.15) is 96.0 Å². The quantitative estimate of drug-likeness (QED) is 0.124. The second kappa shape index (κ2) is 14.5. The monoisotopic (exact) mass is 515 g/mol. The zero-order valence-electron chi connectivity index (χ0n) is 20.1. The van der Waals surface area contributed by atoms with E-state index in [0.717, 1.165) is 37.8 Å². The fourth-order valence-corrected chi connectivity index (χ4v) is 3.71. The predicted octanol–water partition coefficient (Wildman–Crippen LogP) is 8.80. The Kier molecular flexibility index (Phi) is 12.9. The van der Waals surface area contributed by atoms with Crippen molar-refractivity contribution in [3.8, 4) is 5.75 Å². The number of carbonyl (C=O) groups excluding carboxylic acids is 1. The minimum atomic E-state index is -6.62. The van der Waals surface area contributed by atoms with Crippen molar-refractivity contribution in [2.75, 3.05) is 5.32 Å². The first-order chi connectivity index (χ1) is 16.3. The third-order valence-corrected chi connectivity index (χ3v) is 5.91. The molecular weight excluding hydrogens is 479 g/mol. The number of anilines is 1. The van der Waals surface area contributed by atoms with Crippen LogP contribution in [0.4, 0.5) is 36.4 Å². The van der Waals surface area contributed by atoms with Gasteiger partial charge in [-0.3, -0.25) is 4.79 Å². The lowest BCUT2D eigenvalue weighted by Gasteiger charge is -2.27. The maximum absolute atomic E-state index is 13.4. The van der Waals surface area contributed by atoms with Gasteiger partial charge in [0.05, 0.1) is 5.69 Å². The molecule has 0 heterocycles. The number of halogens is 7. The van der Waals surface area contributed by atoms with Crippen molar-refractivity contribution < 1.29 is 40.6 Å². The van der Waals surface area contributed by atoms with E-state index in [9.17, 15) is 40.6 Å². The third kappa shape index (κ3) is 9.88. The Morgan fingerprint density at radius 3 is 1.66 bits per heavy atom. The molecule has 0 bridgehead atoms. The number of aromatic hydroxyl groups is 1. The Hall–Kier alpha value is -2.00. The summed E-state index contributed by atoms with van der Waals surface area (Å²) in [5, 5.41) is 11.2. The zero-order chi connectivity index (χ0) is 26.5. The van der Waals surface area contributed by atoms with Gasteiger partial charge < -0.3 is 10.4 Å². The van der Waals surface area contributed by atoms with Gasteiger partial charge in [-0.15, -0.1) is 0 Å². The number of unbranched alkanes of at least 4 members (excludes halogenated alkanes) is 12. The van der Waals surface area contributed by atoms with E-state index in [-0.39, 0.29) is 0 Å². The first kappa shape index (κ1) is 31.0. The number of hydrogen-bond acceptors (Lipinski definition) is 2. The summed E-state index contributed by atoms with van der Waals surface area (Å²) in [5.41, 5.74) is -0.0577. The van der Waals surface area contributed by atoms with E-state index in [1.165, 1.54) is 69.2 Å². The molecule has 1 rings (SSSR count). The lowest BCUT2D eigenvalue weighted by Crippen LogP contribution is -2.57. The van der Waals surface area contributed by atoms with Gasteiger partial charge in [0.25, 0.3) is 0 Å². The summed E-state index contributed by atoms with van der Waals surface area (Å²) < 4.78 is 89.5. The Morgan fingerprint density at radius 1 is 0.771 bits per heavy atom. The highest BCUT2D eigenvalue weighted by Crippen LogP contribution is 2.47. The SMILES string of the molecule is CCCCCCCCCCCCCCCc1ccc(NC(=O)C(F)(F)C(F)(F)C(F)(F)F)c(O)c1. The fraction of sp³-hybridized carbons (Fsp3) is 0.720. The van der Waals surface area contributed by atoms with Gasteiger partial charge in [-0.25, -0.2) is 0 Å². The summed E-state index contributed by atoms with van der Waals surface area (Å²) in [6.07, 6.45) is 9.34. The molecule has 202 valence electrons. The highest BCUT2D eigenvalue weighted by atomic mass is 19.4. The molecule has 0 aliphatic rings. The topological polar surface area (TPSA) is 49.3 Å². The van der Waals surface area contributed by atoms with Gasteiger partial charge in [0, 0.05) is 0 Å². The summed E-state index contributed by atoms with van der Waals surface area (Å²) in [5.74, 6) is -16.2.